The Labute approximate surface area is 105 Å². The maximum atomic E-state index is 10.8. The third-order valence-corrected chi connectivity index (χ3v) is 4.33. The van der Waals surface area contributed by atoms with Gasteiger partial charge in [0.2, 0.25) is 0 Å². The summed E-state index contributed by atoms with van der Waals surface area (Å²) in [4.78, 5) is 17.5. The zero-order valence-electron chi connectivity index (χ0n) is 10.1. The summed E-state index contributed by atoms with van der Waals surface area (Å²) in [7, 11) is 0. The zero-order chi connectivity index (χ0) is 12.3. The molecule has 1 aromatic heterocycles. The number of anilines is 1. The molecule has 0 aliphatic carbocycles. The van der Waals surface area contributed by atoms with Crippen molar-refractivity contribution in [3.05, 3.63) is 11.1 Å². The van der Waals surface area contributed by atoms with Crippen LogP contribution < -0.4 is 4.90 Å². The van der Waals surface area contributed by atoms with E-state index in [0.29, 0.717) is 4.88 Å². The first kappa shape index (κ1) is 12.4. The molecule has 5 heteroatoms. The molecule has 1 aliphatic rings. The molecule has 94 valence electrons. The van der Waals surface area contributed by atoms with Gasteiger partial charge in [-0.2, -0.15) is 0 Å². The van der Waals surface area contributed by atoms with Crippen molar-refractivity contribution in [1.82, 2.24) is 4.98 Å². The van der Waals surface area contributed by atoms with Crippen LogP contribution in [0.25, 0.3) is 0 Å². The summed E-state index contributed by atoms with van der Waals surface area (Å²) in [5, 5.41) is 9.72. The molecule has 1 saturated heterocycles. The van der Waals surface area contributed by atoms with Gasteiger partial charge in [0.05, 0.1) is 6.20 Å². The van der Waals surface area contributed by atoms with Crippen molar-refractivity contribution >= 4 is 22.4 Å². The third-order valence-electron chi connectivity index (χ3n) is 3.29. The molecule has 2 rings (SSSR count). The quantitative estimate of drug-likeness (QED) is 0.897. The number of carboxylic acids is 1. The molecule has 2 heterocycles. The molecular formula is C12H18N2O2S. The molecule has 0 bridgehead atoms. The molecule has 1 N–H and O–H groups in total. The van der Waals surface area contributed by atoms with Gasteiger partial charge in [0.15, 0.2) is 5.13 Å². The number of hydrogen-bond acceptors (Lipinski definition) is 4. The van der Waals surface area contributed by atoms with Crippen molar-refractivity contribution in [2.24, 2.45) is 5.92 Å². The van der Waals surface area contributed by atoms with Crippen molar-refractivity contribution in [3.63, 3.8) is 0 Å². The fourth-order valence-corrected chi connectivity index (χ4v) is 3.14. The standard InChI is InChI=1S/C12H18N2O2S/c1-2-3-9-4-6-14(7-5-9)12-13-8-10(17-12)11(15)16/h8-9H,2-7H2,1H3,(H,15,16). The van der Waals surface area contributed by atoms with Crippen LogP contribution >= 0.6 is 11.3 Å². The Morgan fingerprint density at radius 2 is 2.29 bits per heavy atom. The molecule has 0 saturated carbocycles. The molecule has 0 radical (unpaired) electrons. The number of hydrogen-bond donors (Lipinski definition) is 1. The van der Waals surface area contributed by atoms with Gasteiger partial charge in [0, 0.05) is 13.1 Å². The average molecular weight is 254 g/mol. The third kappa shape index (κ3) is 2.97. The number of aromatic carboxylic acids is 1. The van der Waals surface area contributed by atoms with Crippen LogP contribution in [-0.4, -0.2) is 29.1 Å². The lowest BCUT2D eigenvalue weighted by Gasteiger charge is -2.31. The van der Waals surface area contributed by atoms with E-state index in [1.807, 2.05) is 0 Å². The van der Waals surface area contributed by atoms with Crippen LogP contribution in [0.15, 0.2) is 6.20 Å². The number of carbonyl (C=O) groups is 1. The molecule has 0 atom stereocenters. The number of carboxylic acid groups (broad SMARTS) is 1. The van der Waals surface area contributed by atoms with E-state index in [4.69, 9.17) is 5.11 Å². The summed E-state index contributed by atoms with van der Waals surface area (Å²) in [6, 6.07) is 0. The Balaban J connectivity index is 1.93. The fraction of sp³-hybridized carbons (Fsp3) is 0.667. The minimum atomic E-state index is -0.880. The summed E-state index contributed by atoms with van der Waals surface area (Å²) in [6.45, 7) is 4.25. The van der Waals surface area contributed by atoms with Crippen molar-refractivity contribution in [2.45, 2.75) is 32.6 Å². The highest BCUT2D eigenvalue weighted by molar-refractivity contribution is 7.17. The lowest BCUT2D eigenvalue weighted by Crippen LogP contribution is -2.33. The van der Waals surface area contributed by atoms with Crippen LogP contribution in [-0.2, 0) is 0 Å². The lowest BCUT2D eigenvalue weighted by molar-refractivity contribution is 0.0702. The average Bonchev–Trinajstić information content (AvgIpc) is 2.80. The second-order valence-electron chi connectivity index (χ2n) is 4.53. The first-order chi connectivity index (χ1) is 8.20. The summed E-state index contributed by atoms with van der Waals surface area (Å²) < 4.78 is 0. The fourth-order valence-electron chi connectivity index (χ4n) is 2.33. The largest absolute Gasteiger partial charge is 0.477 e. The maximum absolute atomic E-state index is 10.8. The minimum Gasteiger partial charge on any atom is -0.477 e. The number of aromatic nitrogens is 1. The Kier molecular flexibility index (Phi) is 3.99. The van der Waals surface area contributed by atoms with Gasteiger partial charge in [-0.3, -0.25) is 0 Å². The molecule has 17 heavy (non-hydrogen) atoms. The highest BCUT2D eigenvalue weighted by atomic mass is 32.1. The van der Waals surface area contributed by atoms with E-state index in [1.54, 1.807) is 0 Å². The van der Waals surface area contributed by atoms with Gasteiger partial charge in [0.1, 0.15) is 4.88 Å². The maximum Gasteiger partial charge on any atom is 0.347 e. The summed E-state index contributed by atoms with van der Waals surface area (Å²) in [6.07, 6.45) is 6.43. The molecular weight excluding hydrogens is 236 g/mol. The topological polar surface area (TPSA) is 53.4 Å². The van der Waals surface area contributed by atoms with Crippen LogP contribution in [0.5, 0.6) is 0 Å². The number of rotatable bonds is 4. The van der Waals surface area contributed by atoms with Gasteiger partial charge in [-0.05, 0) is 18.8 Å². The summed E-state index contributed by atoms with van der Waals surface area (Å²) in [5.41, 5.74) is 0. The molecule has 1 aromatic rings. The Bertz CT molecular complexity index is 384. The monoisotopic (exact) mass is 254 g/mol. The van der Waals surface area contributed by atoms with E-state index in [-0.39, 0.29) is 0 Å². The molecule has 4 nitrogen and oxygen atoms in total. The van der Waals surface area contributed by atoms with E-state index in [2.05, 4.69) is 16.8 Å². The van der Waals surface area contributed by atoms with E-state index in [9.17, 15) is 4.79 Å². The van der Waals surface area contributed by atoms with Gasteiger partial charge in [-0.1, -0.05) is 31.1 Å². The normalized spacial score (nSPS) is 17.4. The van der Waals surface area contributed by atoms with E-state index < -0.39 is 5.97 Å². The van der Waals surface area contributed by atoms with E-state index in [0.717, 1.165) is 24.1 Å². The van der Waals surface area contributed by atoms with Gasteiger partial charge in [-0.25, -0.2) is 9.78 Å². The van der Waals surface area contributed by atoms with Crippen molar-refractivity contribution in [3.8, 4) is 0 Å². The number of nitrogens with zero attached hydrogens (tertiary/aromatic N) is 2. The van der Waals surface area contributed by atoms with E-state index >= 15 is 0 Å². The minimum absolute atomic E-state index is 0.329. The van der Waals surface area contributed by atoms with Crippen LogP contribution in [0.3, 0.4) is 0 Å². The van der Waals surface area contributed by atoms with Crippen LogP contribution in [0, 0.1) is 5.92 Å². The van der Waals surface area contributed by atoms with Gasteiger partial charge >= 0.3 is 5.97 Å². The predicted molar refractivity (Wildman–Crippen MR) is 68.9 cm³/mol. The number of piperidine rings is 1. The highest BCUT2D eigenvalue weighted by Gasteiger charge is 2.21. The van der Waals surface area contributed by atoms with Crippen LogP contribution in [0.1, 0.15) is 42.3 Å². The molecule has 0 unspecified atom stereocenters. The van der Waals surface area contributed by atoms with Crippen LogP contribution in [0.4, 0.5) is 5.13 Å². The second-order valence-corrected chi connectivity index (χ2v) is 5.54. The molecule has 1 aliphatic heterocycles. The SMILES string of the molecule is CCCC1CCN(c2ncc(C(=O)O)s2)CC1. The highest BCUT2D eigenvalue weighted by Crippen LogP contribution is 2.28. The van der Waals surface area contributed by atoms with Gasteiger partial charge < -0.3 is 10.0 Å². The first-order valence-electron chi connectivity index (χ1n) is 6.14. The lowest BCUT2D eigenvalue weighted by atomic mass is 9.93. The Hall–Kier alpha value is -1.10. The van der Waals surface area contributed by atoms with Crippen LogP contribution in [0.2, 0.25) is 0 Å². The smallest absolute Gasteiger partial charge is 0.347 e. The van der Waals surface area contributed by atoms with Crippen molar-refractivity contribution in [1.29, 1.82) is 0 Å². The second kappa shape index (κ2) is 5.49. The predicted octanol–water partition coefficient (Wildman–Crippen LogP) is 2.86. The molecule has 0 aromatic carbocycles. The zero-order valence-corrected chi connectivity index (χ0v) is 10.9. The summed E-state index contributed by atoms with van der Waals surface area (Å²) in [5.74, 6) is -0.0372. The Morgan fingerprint density at radius 3 is 2.82 bits per heavy atom. The first-order valence-corrected chi connectivity index (χ1v) is 6.96. The number of thiazole rings is 1. The van der Waals surface area contributed by atoms with Gasteiger partial charge in [-0.15, -0.1) is 0 Å². The molecule has 0 amide bonds. The summed E-state index contributed by atoms with van der Waals surface area (Å²) >= 11 is 1.28. The van der Waals surface area contributed by atoms with E-state index in [1.165, 1.54) is 43.2 Å². The molecule has 0 spiro atoms. The van der Waals surface area contributed by atoms with Gasteiger partial charge in [0.25, 0.3) is 0 Å². The van der Waals surface area contributed by atoms with Crippen molar-refractivity contribution < 1.29 is 9.90 Å². The van der Waals surface area contributed by atoms with Crippen molar-refractivity contribution in [2.75, 3.05) is 18.0 Å². The Morgan fingerprint density at radius 1 is 1.59 bits per heavy atom. The molecule has 1 fully saturated rings.